The van der Waals surface area contributed by atoms with E-state index < -0.39 is 0 Å². The molecule has 12 rings (SSSR count). The molecule has 0 fully saturated rings. The first kappa shape index (κ1) is 38.5. The molecule has 0 atom stereocenters. The van der Waals surface area contributed by atoms with Gasteiger partial charge in [-0.25, -0.2) is 0 Å². The highest BCUT2D eigenvalue weighted by Gasteiger charge is 2.20. The number of hydrogen-bond donors (Lipinski definition) is 0. The first-order valence-electron chi connectivity index (χ1n) is 21.9. The number of aromatic nitrogens is 2. The molecule has 10 aromatic carbocycles. The lowest BCUT2D eigenvalue weighted by molar-refractivity contribution is 1.18. The third-order valence-corrected chi connectivity index (χ3v) is 13.1. The highest BCUT2D eigenvalue weighted by Crippen LogP contribution is 2.43. The molecule has 2 heterocycles. The summed E-state index contributed by atoms with van der Waals surface area (Å²) in [7, 11) is 0. The zero-order chi connectivity index (χ0) is 43.3. The highest BCUT2D eigenvalue weighted by molar-refractivity contribution is 9.10. The van der Waals surface area contributed by atoms with Gasteiger partial charge in [0.25, 0.3) is 0 Å². The van der Waals surface area contributed by atoms with Crippen molar-refractivity contribution >= 4 is 93.7 Å². The molecule has 12 aromatic rings. The number of fused-ring (bicyclic) bond motifs is 6. The first-order valence-corrected chi connectivity index (χ1v) is 22.7. The van der Waals surface area contributed by atoms with Crippen LogP contribution in [-0.4, -0.2) is 9.13 Å². The Hall–Kier alpha value is -8.12. The van der Waals surface area contributed by atoms with Gasteiger partial charge in [0.05, 0.1) is 22.1 Å². The molecule has 0 radical (unpaired) electrons. The lowest BCUT2D eigenvalue weighted by Crippen LogP contribution is -2.10. The lowest BCUT2D eigenvalue weighted by atomic mass is 10.0. The minimum Gasteiger partial charge on any atom is -0.310 e. The van der Waals surface area contributed by atoms with Crippen LogP contribution in [0.1, 0.15) is 0 Å². The normalized spacial score (nSPS) is 11.5. The van der Waals surface area contributed by atoms with Crippen molar-refractivity contribution in [2.45, 2.75) is 0 Å². The highest BCUT2D eigenvalue weighted by atomic mass is 79.9. The van der Waals surface area contributed by atoms with Crippen LogP contribution in [0, 0.1) is 0 Å². The van der Waals surface area contributed by atoms with Crippen molar-refractivity contribution in [2.75, 3.05) is 9.80 Å². The molecule has 0 aliphatic heterocycles. The van der Waals surface area contributed by atoms with E-state index in [1.165, 1.54) is 43.6 Å². The molecule has 0 unspecified atom stereocenters. The number of para-hydroxylation sites is 5. The molecular formula is C60H41BrN4. The average molecular weight is 898 g/mol. The van der Waals surface area contributed by atoms with Gasteiger partial charge in [-0.2, -0.15) is 0 Å². The van der Waals surface area contributed by atoms with E-state index >= 15 is 0 Å². The van der Waals surface area contributed by atoms with E-state index in [0.717, 1.165) is 61.1 Å². The fourth-order valence-corrected chi connectivity index (χ4v) is 9.84. The van der Waals surface area contributed by atoms with Crippen LogP contribution in [0.15, 0.2) is 253 Å². The quantitative estimate of drug-likeness (QED) is 0.144. The molecule has 0 aliphatic carbocycles. The predicted octanol–water partition coefficient (Wildman–Crippen LogP) is 17.2. The van der Waals surface area contributed by atoms with Crippen LogP contribution in [0.4, 0.5) is 34.1 Å². The van der Waals surface area contributed by atoms with E-state index in [-0.39, 0.29) is 0 Å². The Kier molecular flexibility index (Phi) is 9.62. The SMILES string of the molecule is Brc1ccc(N(c2ccc(-c3ccc(N(c4ccccc4)c4ccc5c(c4)c4ccccc4n5-c4ccccc4)cc3)cc2)c2ccc3c(c2)c2ccccc2n3-c2ccccc2)cc1. The molecule has 5 heteroatoms. The van der Waals surface area contributed by atoms with Gasteiger partial charge in [0, 0.05) is 71.5 Å². The molecule has 0 saturated carbocycles. The molecule has 2 aromatic heterocycles. The van der Waals surface area contributed by atoms with Gasteiger partial charge < -0.3 is 18.9 Å². The molecule has 0 N–H and O–H groups in total. The van der Waals surface area contributed by atoms with Crippen molar-refractivity contribution in [1.82, 2.24) is 9.13 Å². The second-order valence-electron chi connectivity index (χ2n) is 16.4. The Balaban J connectivity index is 0.906. The van der Waals surface area contributed by atoms with Crippen LogP contribution in [0.3, 0.4) is 0 Å². The van der Waals surface area contributed by atoms with E-state index in [4.69, 9.17) is 0 Å². The molecule has 0 amide bonds. The Bertz CT molecular complexity index is 3640. The van der Waals surface area contributed by atoms with Crippen LogP contribution in [-0.2, 0) is 0 Å². The summed E-state index contributed by atoms with van der Waals surface area (Å²) in [6.45, 7) is 0. The molecule has 65 heavy (non-hydrogen) atoms. The van der Waals surface area contributed by atoms with Gasteiger partial charge >= 0.3 is 0 Å². The van der Waals surface area contributed by atoms with Crippen LogP contribution in [0.2, 0.25) is 0 Å². The molecule has 308 valence electrons. The third-order valence-electron chi connectivity index (χ3n) is 12.5. The summed E-state index contributed by atoms with van der Waals surface area (Å²) in [5, 5.41) is 4.89. The first-order chi connectivity index (χ1) is 32.2. The van der Waals surface area contributed by atoms with Crippen molar-refractivity contribution < 1.29 is 0 Å². The van der Waals surface area contributed by atoms with Gasteiger partial charge in [0.15, 0.2) is 0 Å². The van der Waals surface area contributed by atoms with Crippen molar-refractivity contribution in [2.24, 2.45) is 0 Å². The van der Waals surface area contributed by atoms with Gasteiger partial charge in [0.1, 0.15) is 0 Å². The van der Waals surface area contributed by atoms with Crippen molar-refractivity contribution in [3.8, 4) is 22.5 Å². The third kappa shape index (κ3) is 6.85. The maximum atomic E-state index is 3.67. The Morgan fingerprint density at radius 3 is 1.02 bits per heavy atom. The maximum absolute atomic E-state index is 3.67. The monoisotopic (exact) mass is 896 g/mol. The Morgan fingerprint density at radius 2 is 0.585 bits per heavy atom. The largest absolute Gasteiger partial charge is 0.310 e. The van der Waals surface area contributed by atoms with Gasteiger partial charge in [-0.05, 0) is 145 Å². The number of nitrogens with zero attached hydrogens (tertiary/aromatic N) is 4. The number of rotatable bonds is 9. The second-order valence-corrected chi connectivity index (χ2v) is 17.3. The molecule has 0 aliphatic rings. The summed E-state index contributed by atoms with van der Waals surface area (Å²) in [4.78, 5) is 4.70. The van der Waals surface area contributed by atoms with Crippen molar-refractivity contribution in [1.29, 1.82) is 0 Å². The zero-order valence-corrected chi connectivity index (χ0v) is 36.9. The van der Waals surface area contributed by atoms with E-state index in [9.17, 15) is 0 Å². The summed E-state index contributed by atoms with van der Waals surface area (Å²) < 4.78 is 5.77. The molecule has 0 saturated heterocycles. The van der Waals surface area contributed by atoms with Gasteiger partial charge in [-0.3, -0.25) is 0 Å². The van der Waals surface area contributed by atoms with Crippen LogP contribution >= 0.6 is 15.9 Å². The summed E-state index contributed by atoms with van der Waals surface area (Å²) in [5.41, 5.74) is 15.9. The smallest absolute Gasteiger partial charge is 0.0542 e. The lowest BCUT2D eigenvalue weighted by Gasteiger charge is -2.26. The summed E-state index contributed by atoms with van der Waals surface area (Å²) in [5.74, 6) is 0. The minimum atomic E-state index is 1.04. The van der Waals surface area contributed by atoms with Crippen LogP contribution in [0.25, 0.3) is 66.1 Å². The molecular weight excluding hydrogens is 857 g/mol. The van der Waals surface area contributed by atoms with E-state index in [1.54, 1.807) is 0 Å². The fraction of sp³-hybridized carbons (Fsp3) is 0. The summed E-state index contributed by atoms with van der Waals surface area (Å²) in [6.07, 6.45) is 0. The Morgan fingerprint density at radius 1 is 0.262 bits per heavy atom. The van der Waals surface area contributed by atoms with E-state index in [2.05, 4.69) is 284 Å². The van der Waals surface area contributed by atoms with Crippen molar-refractivity contribution in [3.63, 3.8) is 0 Å². The minimum absolute atomic E-state index is 1.04. The van der Waals surface area contributed by atoms with Gasteiger partial charge in [-0.1, -0.05) is 131 Å². The molecule has 4 nitrogen and oxygen atoms in total. The van der Waals surface area contributed by atoms with E-state index in [1.807, 2.05) is 0 Å². The zero-order valence-electron chi connectivity index (χ0n) is 35.3. The Labute approximate surface area is 386 Å². The second kappa shape index (κ2) is 16.2. The number of hydrogen-bond acceptors (Lipinski definition) is 2. The number of halogens is 1. The molecule has 0 spiro atoms. The van der Waals surface area contributed by atoms with Crippen LogP contribution in [0.5, 0.6) is 0 Å². The number of benzene rings is 10. The fourth-order valence-electron chi connectivity index (χ4n) is 9.58. The van der Waals surface area contributed by atoms with E-state index in [0.29, 0.717) is 0 Å². The van der Waals surface area contributed by atoms with Gasteiger partial charge in [0.2, 0.25) is 0 Å². The topological polar surface area (TPSA) is 16.3 Å². The van der Waals surface area contributed by atoms with Crippen molar-refractivity contribution in [3.05, 3.63) is 253 Å². The average Bonchev–Trinajstić information content (AvgIpc) is 3.88. The summed E-state index contributed by atoms with van der Waals surface area (Å²) in [6, 6.07) is 89.5. The predicted molar refractivity (Wildman–Crippen MR) is 278 cm³/mol. The standard InChI is InChI=1S/C60H41BrN4/c61-44-28-34-50(35-29-44)63(52-37-39-60-56(41-52)54-21-11-13-23-58(54)65(60)47-18-8-3-9-19-47)49-32-26-43(27-33-49)42-24-30-48(31-25-42)62(45-14-4-1-5-15-45)51-36-38-59-55(40-51)53-20-10-12-22-57(53)64(59)46-16-6-2-7-17-46/h1-41H. The summed E-state index contributed by atoms with van der Waals surface area (Å²) >= 11 is 3.67. The number of anilines is 6. The van der Waals surface area contributed by atoms with Gasteiger partial charge in [-0.15, -0.1) is 0 Å². The molecule has 0 bridgehead atoms. The maximum Gasteiger partial charge on any atom is 0.0542 e. The van der Waals surface area contributed by atoms with Crippen LogP contribution < -0.4 is 9.80 Å².